The molecule has 1 fully saturated rings. The predicted octanol–water partition coefficient (Wildman–Crippen LogP) is 4.54. The summed E-state index contributed by atoms with van der Waals surface area (Å²) >= 11 is 18.2. The number of rotatable bonds is 3. The van der Waals surface area contributed by atoms with Crippen LogP contribution in [0.5, 0.6) is 0 Å². The second-order valence-corrected chi connectivity index (χ2v) is 6.97. The average molecular weight is 384 g/mol. The normalized spacial score (nSPS) is 14.8. The maximum Gasteiger partial charge on any atom is 0.227 e. The van der Waals surface area contributed by atoms with Gasteiger partial charge in [0, 0.05) is 31.2 Å². The van der Waals surface area contributed by atoms with Crippen molar-refractivity contribution in [2.75, 3.05) is 31.1 Å². The largest absolute Gasteiger partial charge is 0.367 e. The van der Waals surface area contributed by atoms with E-state index in [-0.39, 0.29) is 5.91 Å². The number of hydrogen-bond donors (Lipinski definition) is 0. The fraction of sp³-hybridized carbons (Fsp3) is 0.278. The molecule has 3 nitrogen and oxygen atoms in total. The Hall–Kier alpha value is -1.42. The van der Waals surface area contributed by atoms with Gasteiger partial charge in [-0.2, -0.15) is 0 Å². The summed E-state index contributed by atoms with van der Waals surface area (Å²) in [5.74, 6) is 0.133. The van der Waals surface area contributed by atoms with E-state index in [2.05, 4.69) is 4.90 Å². The smallest absolute Gasteiger partial charge is 0.227 e. The van der Waals surface area contributed by atoms with E-state index in [1.807, 2.05) is 41.3 Å². The van der Waals surface area contributed by atoms with Gasteiger partial charge >= 0.3 is 0 Å². The molecule has 0 spiro atoms. The number of amides is 1. The van der Waals surface area contributed by atoms with E-state index in [0.29, 0.717) is 34.6 Å². The standard InChI is InChI=1S/C18H17Cl3N2O/c19-14-6-4-13(5-7-14)12-17(24)23-10-8-22(9-11-23)16-3-1-2-15(20)18(16)21/h1-7H,8-12H2. The van der Waals surface area contributed by atoms with Crippen molar-refractivity contribution in [3.8, 4) is 0 Å². The van der Waals surface area contributed by atoms with Crippen LogP contribution in [0.2, 0.25) is 15.1 Å². The summed E-state index contributed by atoms with van der Waals surface area (Å²) in [6.45, 7) is 2.84. The van der Waals surface area contributed by atoms with Crippen molar-refractivity contribution in [2.45, 2.75) is 6.42 Å². The van der Waals surface area contributed by atoms with Crippen LogP contribution in [0, 0.1) is 0 Å². The molecule has 1 saturated heterocycles. The van der Waals surface area contributed by atoms with Crippen molar-refractivity contribution in [1.29, 1.82) is 0 Å². The maximum atomic E-state index is 12.4. The summed E-state index contributed by atoms with van der Waals surface area (Å²) in [6, 6.07) is 13.0. The third-order valence-corrected chi connectivity index (χ3v) is 5.23. The van der Waals surface area contributed by atoms with Crippen LogP contribution >= 0.6 is 34.8 Å². The van der Waals surface area contributed by atoms with Crippen LogP contribution in [-0.4, -0.2) is 37.0 Å². The highest BCUT2D eigenvalue weighted by Gasteiger charge is 2.22. The highest BCUT2D eigenvalue weighted by molar-refractivity contribution is 6.43. The van der Waals surface area contributed by atoms with Gasteiger partial charge in [-0.1, -0.05) is 53.0 Å². The summed E-state index contributed by atoms with van der Waals surface area (Å²) in [6.07, 6.45) is 0.398. The minimum atomic E-state index is 0.133. The van der Waals surface area contributed by atoms with Crippen LogP contribution in [0.25, 0.3) is 0 Å². The third-order valence-electron chi connectivity index (χ3n) is 4.17. The van der Waals surface area contributed by atoms with Crippen molar-refractivity contribution in [3.05, 3.63) is 63.1 Å². The van der Waals surface area contributed by atoms with E-state index in [4.69, 9.17) is 34.8 Å². The molecule has 3 rings (SSSR count). The minimum absolute atomic E-state index is 0.133. The third kappa shape index (κ3) is 3.97. The summed E-state index contributed by atoms with van der Waals surface area (Å²) in [4.78, 5) is 16.5. The van der Waals surface area contributed by atoms with Gasteiger partial charge in [0.15, 0.2) is 0 Å². The first kappa shape index (κ1) is 17.4. The van der Waals surface area contributed by atoms with Gasteiger partial charge < -0.3 is 9.80 Å². The number of nitrogens with zero attached hydrogens (tertiary/aromatic N) is 2. The zero-order valence-corrected chi connectivity index (χ0v) is 15.3. The van der Waals surface area contributed by atoms with Gasteiger partial charge in [0.25, 0.3) is 0 Å². The van der Waals surface area contributed by atoms with Crippen molar-refractivity contribution in [2.24, 2.45) is 0 Å². The van der Waals surface area contributed by atoms with Crippen LogP contribution < -0.4 is 4.90 Å². The molecule has 0 saturated carbocycles. The van der Waals surface area contributed by atoms with Crippen LogP contribution in [0.15, 0.2) is 42.5 Å². The predicted molar refractivity (Wildman–Crippen MR) is 100 cm³/mol. The quantitative estimate of drug-likeness (QED) is 0.777. The van der Waals surface area contributed by atoms with Crippen molar-refractivity contribution in [3.63, 3.8) is 0 Å². The molecule has 126 valence electrons. The molecule has 0 N–H and O–H groups in total. The SMILES string of the molecule is O=C(Cc1ccc(Cl)cc1)N1CCN(c2cccc(Cl)c2Cl)CC1. The van der Waals surface area contributed by atoms with E-state index in [1.165, 1.54) is 0 Å². The monoisotopic (exact) mass is 382 g/mol. The van der Waals surface area contributed by atoms with Crippen LogP contribution in [0.4, 0.5) is 5.69 Å². The molecular formula is C18H17Cl3N2O. The zero-order valence-electron chi connectivity index (χ0n) is 13.0. The van der Waals surface area contributed by atoms with Crippen molar-refractivity contribution in [1.82, 2.24) is 4.90 Å². The first-order valence-electron chi connectivity index (χ1n) is 7.76. The molecule has 0 unspecified atom stereocenters. The number of halogens is 3. The molecule has 2 aromatic rings. The Morgan fingerprint density at radius 1 is 0.917 bits per heavy atom. The Labute approximate surface area is 156 Å². The Morgan fingerprint density at radius 2 is 1.58 bits per heavy atom. The van der Waals surface area contributed by atoms with E-state index >= 15 is 0 Å². The molecule has 0 aliphatic carbocycles. The van der Waals surface area contributed by atoms with Crippen LogP contribution in [0.1, 0.15) is 5.56 Å². The van der Waals surface area contributed by atoms with Gasteiger partial charge in [-0.15, -0.1) is 0 Å². The lowest BCUT2D eigenvalue weighted by Gasteiger charge is -2.36. The highest BCUT2D eigenvalue weighted by Crippen LogP contribution is 2.32. The Morgan fingerprint density at radius 3 is 2.25 bits per heavy atom. The van der Waals surface area contributed by atoms with Gasteiger partial charge in [-0.25, -0.2) is 0 Å². The summed E-state index contributed by atoms with van der Waals surface area (Å²) in [5, 5.41) is 1.80. The topological polar surface area (TPSA) is 23.6 Å². The van der Waals surface area contributed by atoms with E-state index in [9.17, 15) is 4.79 Å². The molecule has 1 heterocycles. The molecule has 2 aromatic carbocycles. The fourth-order valence-corrected chi connectivity index (χ4v) is 3.36. The van der Waals surface area contributed by atoms with Gasteiger partial charge in [0.05, 0.1) is 22.2 Å². The summed E-state index contributed by atoms with van der Waals surface area (Å²) in [7, 11) is 0. The molecular weight excluding hydrogens is 367 g/mol. The number of carbonyl (C=O) groups is 1. The molecule has 0 aromatic heterocycles. The molecule has 1 aliphatic rings. The van der Waals surface area contributed by atoms with Crippen LogP contribution in [-0.2, 0) is 11.2 Å². The highest BCUT2D eigenvalue weighted by atomic mass is 35.5. The van der Waals surface area contributed by atoms with Gasteiger partial charge in [0.1, 0.15) is 0 Å². The fourth-order valence-electron chi connectivity index (χ4n) is 2.82. The minimum Gasteiger partial charge on any atom is -0.367 e. The maximum absolute atomic E-state index is 12.4. The summed E-state index contributed by atoms with van der Waals surface area (Å²) in [5.41, 5.74) is 1.90. The van der Waals surface area contributed by atoms with Gasteiger partial charge in [0.2, 0.25) is 5.91 Å². The molecule has 24 heavy (non-hydrogen) atoms. The zero-order chi connectivity index (χ0) is 17.1. The number of anilines is 1. The first-order valence-corrected chi connectivity index (χ1v) is 8.89. The van der Waals surface area contributed by atoms with E-state index in [0.717, 1.165) is 24.3 Å². The van der Waals surface area contributed by atoms with E-state index in [1.54, 1.807) is 6.07 Å². The Bertz CT molecular complexity index is 726. The van der Waals surface area contributed by atoms with E-state index < -0.39 is 0 Å². The second kappa shape index (κ2) is 7.64. The second-order valence-electron chi connectivity index (χ2n) is 5.74. The Balaban J connectivity index is 1.59. The first-order chi connectivity index (χ1) is 11.5. The van der Waals surface area contributed by atoms with Crippen molar-refractivity contribution >= 4 is 46.4 Å². The lowest BCUT2D eigenvalue weighted by molar-refractivity contribution is -0.130. The van der Waals surface area contributed by atoms with Crippen molar-refractivity contribution < 1.29 is 4.79 Å². The number of benzene rings is 2. The average Bonchev–Trinajstić information content (AvgIpc) is 2.59. The number of carbonyl (C=O) groups excluding carboxylic acids is 1. The molecule has 0 bridgehead atoms. The Kier molecular flexibility index (Phi) is 5.54. The van der Waals surface area contributed by atoms with Gasteiger partial charge in [-0.05, 0) is 29.8 Å². The summed E-state index contributed by atoms with van der Waals surface area (Å²) < 4.78 is 0. The molecule has 0 radical (unpaired) electrons. The lowest BCUT2D eigenvalue weighted by Crippen LogP contribution is -2.49. The molecule has 1 amide bonds. The number of hydrogen-bond acceptors (Lipinski definition) is 2. The number of piperazine rings is 1. The lowest BCUT2D eigenvalue weighted by atomic mass is 10.1. The van der Waals surface area contributed by atoms with Crippen LogP contribution in [0.3, 0.4) is 0 Å². The molecule has 1 aliphatic heterocycles. The van der Waals surface area contributed by atoms with Gasteiger partial charge in [-0.3, -0.25) is 4.79 Å². The molecule has 0 atom stereocenters. The molecule has 6 heteroatoms.